The van der Waals surface area contributed by atoms with Crippen LogP contribution in [0.4, 0.5) is 0 Å². The summed E-state index contributed by atoms with van der Waals surface area (Å²) in [4.78, 5) is 0. The molecular weight excluding hydrogens is 348 g/mol. The summed E-state index contributed by atoms with van der Waals surface area (Å²) in [7, 11) is -6.11. The lowest BCUT2D eigenvalue weighted by Crippen LogP contribution is -2.42. The maximum absolute atomic E-state index is 11.4. The highest BCUT2D eigenvalue weighted by atomic mass is 32.2. The number of nitrogens with one attached hydrogen (secondary N) is 2. The van der Waals surface area contributed by atoms with E-state index >= 15 is 0 Å². The highest BCUT2D eigenvalue weighted by molar-refractivity contribution is 7.89. The second-order valence-corrected chi connectivity index (χ2v) is 12.6. The monoisotopic (exact) mass is 384 g/mol. The van der Waals surface area contributed by atoms with Gasteiger partial charge >= 0.3 is 0 Å². The van der Waals surface area contributed by atoms with E-state index < -0.39 is 20.0 Å². The molecular formula is C16H36N2O4S2. The molecule has 0 bridgehead atoms. The maximum Gasteiger partial charge on any atom is 0.212 e. The third-order valence-electron chi connectivity index (χ3n) is 2.63. The first-order valence-electron chi connectivity index (χ1n) is 8.44. The van der Waals surface area contributed by atoms with E-state index in [1.54, 1.807) is 0 Å². The van der Waals surface area contributed by atoms with Gasteiger partial charge in [-0.3, -0.25) is 0 Å². The Balaban J connectivity index is 0.000000441. The van der Waals surface area contributed by atoms with Gasteiger partial charge in [-0.25, -0.2) is 26.3 Å². The third kappa shape index (κ3) is 15.4. The molecule has 1 saturated carbocycles. The number of rotatable bonds is 6. The molecule has 24 heavy (non-hydrogen) atoms. The number of sulfonamides is 2. The third-order valence-corrected chi connectivity index (χ3v) is 6.49. The van der Waals surface area contributed by atoms with Crippen molar-refractivity contribution in [3.8, 4) is 0 Å². The Bertz CT molecular complexity index is 533. The van der Waals surface area contributed by atoms with Gasteiger partial charge in [-0.05, 0) is 66.2 Å². The normalized spacial score (nSPS) is 16.7. The highest BCUT2D eigenvalue weighted by Crippen LogP contribution is 2.30. The topological polar surface area (TPSA) is 92.3 Å². The van der Waals surface area contributed by atoms with Crippen LogP contribution < -0.4 is 9.44 Å². The average molecular weight is 385 g/mol. The lowest BCUT2D eigenvalue weighted by Gasteiger charge is -2.20. The first-order valence-corrected chi connectivity index (χ1v) is 11.7. The maximum atomic E-state index is 11.4. The molecule has 0 unspecified atom stereocenters. The van der Waals surface area contributed by atoms with Gasteiger partial charge in [0.25, 0.3) is 0 Å². The predicted molar refractivity (Wildman–Crippen MR) is 101 cm³/mol. The van der Waals surface area contributed by atoms with E-state index in [0.717, 1.165) is 12.8 Å². The molecule has 0 atom stereocenters. The van der Waals surface area contributed by atoms with Crippen LogP contribution in [0.25, 0.3) is 0 Å². The number of hydrogen-bond acceptors (Lipinski definition) is 4. The van der Waals surface area contributed by atoms with Crippen molar-refractivity contribution in [2.75, 3.05) is 11.5 Å². The summed E-state index contributed by atoms with van der Waals surface area (Å²) in [5.74, 6) is 1.10. The standard InChI is InChI=1S/C8H17NO2S.C8H19NO2S/c1-8(2,3)9-12(10,11)6-7-4-5-7;1-7(2)6-12(10,11)9-8(3,4)5/h7,9H,4-6H2,1-3H3;7,9H,6H2,1-5H3. The minimum atomic E-state index is -3.09. The summed E-state index contributed by atoms with van der Waals surface area (Å²) in [5.41, 5.74) is -0.707. The van der Waals surface area contributed by atoms with E-state index in [4.69, 9.17) is 0 Å². The minimum absolute atomic E-state index is 0.171. The van der Waals surface area contributed by atoms with E-state index in [9.17, 15) is 16.8 Å². The van der Waals surface area contributed by atoms with Crippen LogP contribution in [0.15, 0.2) is 0 Å². The fourth-order valence-electron chi connectivity index (χ4n) is 2.05. The molecule has 146 valence electrons. The molecule has 0 spiro atoms. The quantitative estimate of drug-likeness (QED) is 0.736. The van der Waals surface area contributed by atoms with Crippen molar-refractivity contribution in [2.24, 2.45) is 11.8 Å². The van der Waals surface area contributed by atoms with Crippen LogP contribution in [-0.2, 0) is 20.0 Å². The van der Waals surface area contributed by atoms with E-state index in [2.05, 4.69) is 9.44 Å². The molecule has 1 fully saturated rings. The second kappa shape index (κ2) is 8.47. The summed E-state index contributed by atoms with van der Waals surface area (Å²) < 4.78 is 50.7. The zero-order chi connectivity index (χ0) is 19.4. The summed E-state index contributed by atoms with van der Waals surface area (Å²) in [6.07, 6.45) is 2.15. The lowest BCUT2D eigenvalue weighted by atomic mass is 10.1. The van der Waals surface area contributed by atoms with Crippen LogP contribution in [-0.4, -0.2) is 39.4 Å². The molecule has 0 aromatic heterocycles. The molecule has 1 rings (SSSR count). The van der Waals surface area contributed by atoms with Gasteiger partial charge in [0.05, 0.1) is 11.5 Å². The molecule has 8 heteroatoms. The Morgan fingerprint density at radius 3 is 1.50 bits per heavy atom. The first-order chi connectivity index (χ1) is 10.4. The molecule has 1 aliphatic rings. The van der Waals surface area contributed by atoms with Crippen LogP contribution in [0.5, 0.6) is 0 Å². The Morgan fingerprint density at radius 1 is 0.833 bits per heavy atom. The van der Waals surface area contributed by atoms with Gasteiger partial charge in [-0.15, -0.1) is 0 Å². The van der Waals surface area contributed by atoms with E-state index in [0.29, 0.717) is 11.7 Å². The van der Waals surface area contributed by atoms with E-state index in [1.807, 2.05) is 55.4 Å². The van der Waals surface area contributed by atoms with Crippen molar-refractivity contribution >= 4 is 20.0 Å². The Labute approximate surface area is 149 Å². The first kappa shape index (κ1) is 23.8. The van der Waals surface area contributed by atoms with Crippen molar-refractivity contribution in [2.45, 2.75) is 79.3 Å². The van der Waals surface area contributed by atoms with Gasteiger partial charge in [-0.1, -0.05) is 13.8 Å². The van der Waals surface area contributed by atoms with Gasteiger partial charge in [-0.2, -0.15) is 0 Å². The van der Waals surface area contributed by atoms with E-state index in [1.165, 1.54) is 0 Å². The predicted octanol–water partition coefficient (Wildman–Crippen LogP) is 2.47. The molecule has 6 nitrogen and oxygen atoms in total. The smallest absolute Gasteiger partial charge is 0.212 e. The highest BCUT2D eigenvalue weighted by Gasteiger charge is 2.30. The summed E-state index contributed by atoms with van der Waals surface area (Å²) in [6.45, 7) is 14.9. The van der Waals surface area contributed by atoms with Crippen LogP contribution in [0, 0.1) is 11.8 Å². The summed E-state index contributed by atoms with van der Waals surface area (Å²) in [5, 5.41) is 0. The van der Waals surface area contributed by atoms with Crippen molar-refractivity contribution in [1.29, 1.82) is 0 Å². The molecule has 1 aliphatic carbocycles. The van der Waals surface area contributed by atoms with Crippen molar-refractivity contribution < 1.29 is 16.8 Å². The molecule has 2 N–H and O–H groups in total. The molecule has 0 heterocycles. The van der Waals surface area contributed by atoms with Gasteiger partial charge in [0.2, 0.25) is 20.0 Å². The largest absolute Gasteiger partial charge is 0.212 e. The van der Waals surface area contributed by atoms with Crippen LogP contribution in [0.3, 0.4) is 0 Å². The molecule has 0 aromatic carbocycles. The van der Waals surface area contributed by atoms with Gasteiger partial charge in [0.15, 0.2) is 0 Å². The van der Waals surface area contributed by atoms with Gasteiger partial charge < -0.3 is 0 Å². The lowest BCUT2D eigenvalue weighted by molar-refractivity contribution is 0.486. The Hall–Kier alpha value is -0.180. The Morgan fingerprint density at radius 2 is 1.21 bits per heavy atom. The molecule has 0 radical (unpaired) electrons. The van der Waals surface area contributed by atoms with Crippen LogP contribution in [0.2, 0.25) is 0 Å². The van der Waals surface area contributed by atoms with Crippen molar-refractivity contribution in [3.05, 3.63) is 0 Å². The van der Waals surface area contributed by atoms with Crippen LogP contribution in [0.1, 0.15) is 68.2 Å². The van der Waals surface area contributed by atoms with Gasteiger partial charge in [0, 0.05) is 11.1 Å². The average Bonchev–Trinajstić information content (AvgIpc) is 2.89. The fraction of sp³-hybridized carbons (Fsp3) is 1.00. The van der Waals surface area contributed by atoms with Crippen molar-refractivity contribution in [1.82, 2.24) is 9.44 Å². The van der Waals surface area contributed by atoms with Gasteiger partial charge in [0.1, 0.15) is 0 Å². The second-order valence-electron chi connectivity index (χ2n) is 9.10. The zero-order valence-corrected chi connectivity index (χ0v) is 18.1. The fourth-order valence-corrected chi connectivity index (χ4v) is 5.91. The Kier molecular flexibility index (Phi) is 8.40. The van der Waals surface area contributed by atoms with Crippen molar-refractivity contribution in [3.63, 3.8) is 0 Å². The SMILES string of the molecule is CC(C)(C)NS(=O)(=O)CC1CC1.CC(C)CS(=O)(=O)NC(C)(C)C. The summed E-state index contributed by atoms with van der Waals surface area (Å²) in [6, 6.07) is 0. The summed E-state index contributed by atoms with van der Waals surface area (Å²) >= 11 is 0. The van der Waals surface area contributed by atoms with Crippen LogP contribution >= 0.6 is 0 Å². The molecule has 0 saturated heterocycles. The molecule has 0 amide bonds. The molecule has 0 aliphatic heterocycles. The zero-order valence-electron chi connectivity index (χ0n) is 16.4. The molecule has 0 aromatic rings. The van der Waals surface area contributed by atoms with E-state index in [-0.39, 0.29) is 22.7 Å². The minimum Gasteiger partial charge on any atom is -0.212 e. The number of hydrogen-bond donors (Lipinski definition) is 2.